The van der Waals surface area contributed by atoms with Crippen LogP contribution in [0, 0.1) is 5.82 Å². The van der Waals surface area contributed by atoms with E-state index in [0.717, 1.165) is 18.2 Å². The maximum Gasteiger partial charge on any atom is 0.240 e. The molecular formula is C19H16ClFN4O3S. The molecule has 2 heterocycles. The SMILES string of the molecule is O=C(CCc1ncccn1)c1ccc(CNS(=O)(=O)c2ccc(F)c(Cl)c2)nc1. The van der Waals surface area contributed by atoms with Gasteiger partial charge in [0.2, 0.25) is 10.0 Å². The van der Waals surface area contributed by atoms with Gasteiger partial charge >= 0.3 is 0 Å². The van der Waals surface area contributed by atoms with Crippen LogP contribution < -0.4 is 4.72 Å². The Balaban J connectivity index is 1.58. The fourth-order valence-electron chi connectivity index (χ4n) is 2.42. The van der Waals surface area contributed by atoms with Gasteiger partial charge in [0.05, 0.1) is 22.2 Å². The molecule has 0 unspecified atom stereocenters. The van der Waals surface area contributed by atoms with Gasteiger partial charge in [-0.05, 0) is 36.4 Å². The van der Waals surface area contributed by atoms with Gasteiger partial charge < -0.3 is 0 Å². The number of nitrogens with zero attached hydrogens (tertiary/aromatic N) is 3. The Morgan fingerprint density at radius 1 is 1.10 bits per heavy atom. The van der Waals surface area contributed by atoms with Gasteiger partial charge in [0.15, 0.2) is 5.78 Å². The molecule has 10 heteroatoms. The number of benzene rings is 1. The second-order valence-electron chi connectivity index (χ2n) is 6.03. The van der Waals surface area contributed by atoms with Gasteiger partial charge in [0, 0.05) is 37.0 Å². The van der Waals surface area contributed by atoms with Crippen molar-refractivity contribution in [1.82, 2.24) is 19.7 Å². The lowest BCUT2D eigenvalue weighted by Gasteiger charge is -2.08. The van der Waals surface area contributed by atoms with Crippen molar-refractivity contribution in [2.24, 2.45) is 0 Å². The highest BCUT2D eigenvalue weighted by Crippen LogP contribution is 2.19. The van der Waals surface area contributed by atoms with E-state index in [1.807, 2.05) is 0 Å². The van der Waals surface area contributed by atoms with Gasteiger partial charge in [-0.1, -0.05) is 11.6 Å². The van der Waals surface area contributed by atoms with E-state index in [4.69, 9.17) is 11.6 Å². The van der Waals surface area contributed by atoms with E-state index in [2.05, 4.69) is 19.7 Å². The van der Waals surface area contributed by atoms with Crippen LogP contribution >= 0.6 is 11.6 Å². The van der Waals surface area contributed by atoms with E-state index >= 15 is 0 Å². The fraction of sp³-hybridized carbons (Fsp3) is 0.158. The molecule has 0 bridgehead atoms. The van der Waals surface area contributed by atoms with Crippen LogP contribution in [0.4, 0.5) is 4.39 Å². The highest BCUT2D eigenvalue weighted by Gasteiger charge is 2.16. The maximum absolute atomic E-state index is 13.2. The Morgan fingerprint density at radius 3 is 2.52 bits per heavy atom. The van der Waals surface area contributed by atoms with Crippen LogP contribution in [0.15, 0.2) is 59.9 Å². The summed E-state index contributed by atoms with van der Waals surface area (Å²) in [5, 5.41) is -0.283. The van der Waals surface area contributed by atoms with Crippen LogP contribution in [0.2, 0.25) is 5.02 Å². The first-order valence-corrected chi connectivity index (χ1v) is 10.4. The third kappa shape index (κ3) is 5.63. The number of aryl methyl sites for hydroxylation is 1. The van der Waals surface area contributed by atoms with Gasteiger partial charge in [-0.3, -0.25) is 9.78 Å². The lowest BCUT2D eigenvalue weighted by molar-refractivity contribution is 0.0981. The number of ketones is 1. The minimum absolute atomic E-state index is 0.0936. The first-order chi connectivity index (χ1) is 13.8. The van der Waals surface area contributed by atoms with Crippen molar-refractivity contribution in [3.05, 3.63) is 82.9 Å². The number of rotatable bonds is 8. The molecule has 0 aliphatic carbocycles. The second-order valence-corrected chi connectivity index (χ2v) is 8.20. The predicted octanol–water partition coefficient (Wildman–Crippen LogP) is 2.96. The van der Waals surface area contributed by atoms with Crippen LogP contribution in [-0.4, -0.2) is 29.2 Å². The fourth-order valence-corrected chi connectivity index (χ4v) is 3.69. The van der Waals surface area contributed by atoms with E-state index in [9.17, 15) is 17.6 Å². The Morgan fingerprint density at radius 2 is 1.86 bits per heavy atom. The summed E-state index contributed by atoms with van der Waals surface area (Å²) in [5.74, 6) is -0.231. The molecule has 0 spiro atoms. The average Bonchev–Trinajstić information content (AvgIpc) is 2.73. The molecule has 0 aliphatic heterocycles. The number of pyridine rings is 1. The molecule has 0 aliphatic rings. The zero-order chi connectivity index (χ0) is 20.9. The largest absolute Gasteiger partial charge is 0.294 e. The standard InChI is InChI=1S/C19H16ClFN4O3S/c20-16-10-15(4-5-17(16)21)29(27,28)25-12-14-3-2-13(11-24-14)18(26)6-7-19-22-8-1-9-23-19/h1-5,8-11,25H,6-7,12H2. The van der Waals surface area contributed by atoms with E-state index in [1.54, 1.807) is 30.6 Å². The van der Waals surface area contributed by atoms with Crippen molar-refractivity contribution in [2.75, 3.05) is 0 Å². The number of nitrogens with one attached hydrogen (secondary N) is 1. The highest BCUT2D eigenvalue weighted by molar-refractivity contribution is 7.89. The summed E-state index contributed by atoms with van der Waals surface area (Å²) < 4.78 is 40.1. The maximum atomic E-state index is 13.2. The van der Waals surface area contributed by atoms with Crippen LogP contribution in [0.3, 0.4) is 0 Å². The van der Waals surface area contributed by atoms with Gasteiger partial charge in [0.1, 0.15) is 11.6 Å². The molecule has 150 valence electrons. The molecule has 0 amide bonds. The topological polar surface area (TPSA) is 102 Å². The number of Topliss-reactive ketones (excluding diaryl/α,β-unsaturated/α-hetero) is 1. The van der Waals surface area contributed by atoms with Crippen molar-refractivity contribution >= 4 is 27.4 Å². The quantitative estimate of drug-likeness (QED) is 0.547. The van der Waals surface area contributed by atoms with Gasteiger partial charge in [-0.15, -0.1) is 0 Å². The van der Waals surface area contributed by atoms with Crippen LogP contribution in [0.5, 0.6) is 0 Å². The lowest BCUT2D eigenvalue weighted by Crippen LogP contribution is -2.23. The highest BCUT2D eigenvalue weighted by atomic mass is 35.5. The molecule has 0 atom stereocenters. The monoisotopic (exact) mass is 434 g/mol. The number of sulfonamides is 1. The summed E-state index contributed by atoms with van der Waals surface area (Å²) in [4.78, 5) is 24.3. The molecular weight excluding hydrogens is 419 g/mol. The van der Waals surface area contributed by atoms with E-state index in [1.165, 1.54) is 6.20 Å². The summed E-state index contributed by atoms with van der Waals surface area (Å²) in [6.07, 6.45) is 5.28. The smallest absolute Gasteiger partial charge is 0.240 e. The molecule has 7 nitrogen and oxygen atoms in total. The molecule has 29 heavy (non-hydrogen) atoms. The van der Waals surface area contributed by atoms with Gasteiger partial charge in [-0.25, -0.2) is 27.5 Å². The molecule has 0 saturated carbocycles. The third-order valence-corrected chi connectivity index (χ3v) is 5.67. The van der Waals surface area contributed by atoms with Crippen molar-refractivity contribution in [1.29, 1.82) is 0 Å². The Hall–Kier alpha value is -2.75. The summed E-state index contributed by atoms with van der Waals surface area (Å²) in [7, 11) is -3.89. The number of carbonyl (C=O) groups is 1. The third-order valence-electron chi connectivity index (χ3n) is 3.99. The Bertz CT molecular complexity index is 1110. The van der Waals surface area contributed by atoms with E-state index in [-0.39, 0.29) is 28.7 Å². The van der Waals surface area contributed by atoms with Crippen molar-refractivity contribution < 1.29 is 17.6 Å². The van der Waals surface area contributed by atoms with E-state index in [0.29, 0.717) is 23.5 Å². The van der Waals surface area contributed by atoms with Crippen molar-refractivity contribution in [2.45, 2.75) is 24.3 Å². The number of aromatic nitrogens is 3. The van der Waals surface area contributed by atoms with Gasteiger partial charge in [-0.2, -0.15) is 0 Å². The number of halogens is 2. The molecule has 3 aromatic rings. The molecule has 0 fully saturated rings. The molecule has 3 rings (SSSR count). The molecule has 2 aromatic heterocycles. The number of carbonyl (C=O) groups excluding carboxylic acids is 1. The zero-order valence-corrected chi connectivity index (χ0v) is 16.6. The van der Waals surface area contributed by atoms with Crippen LogP contribution in [0.25, 0.3) is 0 Å². The molecule has 1 N–H and O–H groups in total. The first-order valence-electron chi connectivity index (χ1n) is 8.54. The molecule has 0 saturated heterocycles. The zero-order valence-electron chi connectivity index (χ0n) is 15.0. The van der Waals surface area contributed by atoms with Crippen LogP contribution in [0.1, 0.15) is 28.3 Å². The number of hydrogen-bond acceptors (Lipinski definition) is 6. The minimum Gasteiger partial charge on any atom is -0.294 e. The summed E-state index contributed by atoms with van der Waals surface area (Å²) in [6, 6.07) is 7.98. The lowest BCUT2D eigenvalue weighted by atomic mass is 10.1. The normalized spacial score (nSPS) is 11.4. The van der Waals surface area contributed by atoms with Crippen molar-refractivity contribution in [3.63, 3.8) is 0 Å². The molecule has 0 radical (unpaired) electrons. The predicted molar refractivity (Wildman–Crippen MR) is 104 cm³/mol. The minimum atomic E-state index is -3.89. The Kier molecular flexibility index (Phi) is 6.63. The number of hydrogen-bond donors (Lipinski definition) is 1. The second kappa shape index (κ2) is 9.17. The van der Waals surface area contributed by atoms with Crippen molar-refractivity contribution in [3.8, 4) is 0 Å². The van der Waals surface area contributed by atoms with Crippen LogP contribution in [-0.2, 0) is 23.0 Å². The van der Waals surface area contributed by atoms with E-state index < -0.39 is 15.8 Å². The summed E-state index contributed by atoms with van der Waals surface area (Å²) in [6.45, 7) is -0.0936. The summed E-state index contributed by atoms with van der Waals surface area (Å²) >= 11 is 5.63. The molecule has 1 aromatic carbocycles. The Labute approximate surface area is 172 Å². The summed E-state index contributed by atoms with van der Waals surface area (Å²) in [5.41, 5.74) is 0.836. The van der Waals surface area contributed by atoms with Gasteiger partial charge in [0.25, 0.3) is 0 Å². The average molecular weight is 435 g/mol. The first kappa shape index (κ1) is 21.0.